The lowest BCUT2D eigenvalue weighted by Gasteiger charge is -2.14. The fourth-order valence-corrected chi connectivity index (χ4v) is 3.73. The van der Waals surface area contributed by atoms with Gasteiger partial charge in [0.25, 0.3) is 0 Å². The van der Waals surface area contributed by atoms with Crippen molar-refractivity contribution in [2.24, 2.45) is 0 Å². The number of aromatic nitrogens is 1. The Morgan fingerprint density at radius 2 is 1.96 bits per heavy atom. The van der Waals surface area contributed by atoms with Gasteiger partial charge in [-0.2, -0.15) is 0 Å². The number of hydrogen-bond acceptors (Lipinski definition) is 4. The molecule has 25 heavy (non-hydrogen) atoms. The number of aryl methyl sites for hydroxylation is 1. The van der Waals surface area contributed by atoms with Crippen LogP contribution in [0.1, 0.15) is 23.1 Å². The Morgan fingerprint density at radius 1 is 1.16 bits per heavy atom. The number of allylic oxidation sites excluding steroid dienone is 1. The van der Waals surface area contributed by atoms with Crippen molar-refractivity contribution in [3.05, 3.63) is 77.6 Å². The minimum atomic E-state index is 0.773. The minimum Gasteiger partial charge on any atom is -0.372 e. The van der Waals surface area contributed by atoms with E-state index in [1.54, 1.807) is 11.3 Å². The van der Waals surface area contributed by atoms with Crippen LogP contribution in [0, 0.1) is 6.92 Å². The second kappa shape index (κ2) is 7.53. The fourth-order valence-electron chi connectivity index (χ4n) is 2.72. The molecule has 2 aromatic carbocycles. The van der Waals surface area contributed by atoms with Gasteiger partial charge in [-0.05, 0) is 54.8 Å². The number of rotatable bonds is 7. The van der Waals surface area contributed by atoms with E-state index in [9.17, 15) is 0 Å². The summed E-state index contributed by atoms with van der Waals surface area (Å²) >= 11 is 1.74. The summed E-state index contributed by atoms with van der Waals surface area (Å²) in [6.07, 6.45) is 0.773. The summed E-state index contributed by atoms with van der Waals surface area (Å²) in [5.74, 6) is 0.812. The van der Waals surface area contributed by atoms with Crippen molar-refractivity contribution in [1.29, 1.82) is 0 Å². The van der Waals surface area contributed by atoms with E-state index >= 15 is 0 Å². The van der Waals surface area contributed by atoms with Crippen molar-refractivity contribution in [1.82, 2.24) is 10.3 Å². The van der Waals surface area contributed by atoms with Crippen molar-refractivity contribution < 1.29 is 0 Å². The highest BCUT2D eigenvalue weighted by Gasteiger charge is 2.08. The summed E-state index contributed by atoms with van der Waals surface area (Å²) in [6, 6.07) is 14.6. The van der Waals surface area contributed by atoms with E-state index in [0.29, 0.717) is 0 Å². The lowest BCUT2D eigenvalue weighted by atomic mass is 10.0. The van der Waals surface area contributed by atoms with Gasteiger partial charge in [-0.25, -0.2) is 4.98 Å². The first-order valence-corrected chi connectivity index (χ1v) is 9.21. The highest BCUT2D eigenvalue weighted by molar-refractivity contribution is 7.18. The lowest BCUT2D eigenvalue weighted by Crippen LogP contribution is -2.18. The molecule has 3 rings (SSSR count). The Labute approximate surface area is 153 Å². The van der Waals surface area contributed by atoms with Crippen molar-refractivity contribution in [3.8, 4) is 0 Å². The maximum Gasteiger partial charge on any atom is 0.0982 e. The van der Waals surface area contributed by atoms with Crippen LogP contribution < -0.4 is 10.6 Å². The molecular weight excluding hydrogens is 326 g/mol. The van der Waals surface area contributed by atoms with Gasteiger partial charge in [-0.1, -0.05) is 31.4 Å². The summed E-state index contributed by atoms with van der Waals surface area (Å²) < 4.78 is 1.22. The zero-order chi connectivity index (χ0) is 17.8. The molecule has 2 N–H and O–H groups in total. The van der Waals surface area contributed by atoms with Gasteiger partial charge >= 0.3 is 0 Å². The fraction of sp³-hybridized carbons (Fsp3) is 0.190. The van der Waals surface area contributed by atoms with Crippen LogP contribution in [0.3, 0.4) is 0 Å². The molecular formula is C21H23N3S. The maximum atomic E-state index is 4.70. The molecule has 0 spiro atoms. The van der Waals surface area contributed by atoms with E-state index in [2.05, 4.69) is 74.0 Å². The molecule has 0 unspecified atom stereocenters. The summed E-state index contributed by atoms with van der Waals surface area (Å²) in [5, 5.41) is 7.58. The predicted octanol–water partition coefficient (Wildman–Crippen LogP) is 5.35. The van der Waals surface area contributed by atoms with Crippen LogP contribution >= 0.6 is 11.3 Å². The SMILES string of the molecule is C=C(NCC)Nc1ccc(C(=C)Cc2nc3ccccc3s2)cc1C. The quantitative estimate of drug-likeness (QED) is 0.603. The average Bonchev–Trinajstić information content (AvgIpc) is 2.99. The van der Waals surface area contributed by atoms with Crippen molar-refractivity contribution >= 4 is 32.8 Å². The van der Waals surface area contributed by atoms with E-state index in [1.807, 2.05) is 6.07 Å². The number of thiazole rings is 1. The summed E-state index contributed by atoms with van der Waals surface area (Å²) in [6.45, 7) is 13.2. The first kappa shape index (κ1) is 17.2. The van der Waals surface area contributed by atoms with E-state index in [4.69, 9.17) is 4.98 Å². The third kappa shape index (κ3) is 4.09. The first-order chi connectivity index (χ1) is 12.1. The Hall–Kier alpha value is -2.59. The zero-order valence-electron chi connectivity index (χ0n) is 14.7. The van der Waals surface area contributed by atoms with Crippen molar-refractivity contribution in [2.45, 2.75) is 20.3 Å². The molecule has 0 radical (unpaired) electrons. The van der Waals surface area contributed by atoms with Gasteiger partial charge in [0.15, 0.2) is 0 Å². The van der Waals surface area contributed by atoms with E-state index in [1.165, 1.54) is 10.3 Å². The summed E-state index contributed by atoms with van der Waals surface area (Å²) in [7, 11) is 0. The molecule has 0 saturated carbocycles. The zero-order valence-corrected chi connectivity index (χ0v) is 15.5. The normalized spacial score (nSPS) is 10.6. The Kier molecular flexibility index (Phi) is 5.19. The Morgan fingerprint density at radius 3 is 2.68 bits per heavy atom. The van der Waals surface area contributed by atoms with Crippen LogP contribution in [0.4, 0.5) is 5.69 Å². The molecule has 0 aliphatic carbocycles. The number of nitrogens with zero attached hydrogens (tertiary/aromatic N) is 1. The van der Waals surface area contributed by atoms with Crippen LogP contribution in [0.2, 0.25) is 0 Å². The summed E-state index contributed by atoms with van der Waals surface area (Å²) in [5.41, 5.74) is 5.52. The van der Waals surface area contributed by atoms with Crippen LogP contribution in [-0.4, -0.2) is 11.5 Å². The molecule has 4 heteroatoms. The van der Waals surface area contributed by atoms with E-state index in [0.717, 1.165) is 46.1 Å². The highest BCUT2D eigenvalue weighted by atomic mass is 32.1. The molecule has 0 aliphatic heterocycles. The van der Waals surface area contributed by atoms with Crippen LogP contribution in [0.15, 0.2) is 61.4 Å². The number of benzene rings is 2. The number of hydrogen-bond donors (Lipinski definition) is 2. The number of fused-ring (bicyclic) bond motifs is 1. The van der Waals surface area contributed by atoms with Crippen molar-refractivity contribution in [2.75, 3.05) is 11.9 Å². The van der Waals surface area contributed by atoms with Gasteiger partial charge in [-0.3, -0.25) is 0 Å². The third-order valence-electron chi connectivity index (χ3n) is 4.01. The molecule has 0 fully saturated rings. The van der Waals surface area contributed by atoms with Gasteiger partial charge in [0.2, 0.25) is 0 Å². The van der Waals surface area contributed by atoms with Gasteiger partial charge in [0.1, 0.15) is 0 Å². The number of para-hydroxylation sites is 1. The monoisotopic (exact) mass is 349 g/mol. The highest BCUT2D eigenvalue weighted by Crippen LogP contribution is 2.27. The topological polar surface area (TPSA) is 37.0 Å². The third-order valence-corrected chi connectivity index (χ3v) is 5.05. The molecule has 0 saturated heterocycles. The molecule has 0 aliphatic rings. The molecule has 1 aromatic heterocycles. The number of nitrogens with one attached hydrogen (secondary N) is 2. The van der Waals surface area contributed by atoms with Gasteiger partial charge in [0.05, 0.1) is 21.0 Å². The van der Waals surface area contributed by atoms with Gasteiger partial charge in [-0.15, -0.1) is 11.3 Å². The van der Waals surface area contributed by atoms with Crippen LogP contribution in [0.5, 0.6) is 0 Å². The second-order valence-electron chi connectivity index (χ2n) is 6.02. The van der Waals surface area contributed by atoms with Gasteiger partial charge in [0, 0.05) is 18.7 Å². The lowest BCUT2D eigenvalue weighted by molar-refractivity contribution is 0.863. The van der Waals surface area contributed by atoms with Crippen molar-refractivity contribution in [3.63, 3.8) is 0 Å². The molecule has 1 heterocycles. The minimum absolute atomic E-state index is 0.773. The smallest absolute Gasteiger partial charge is 0.0982 e. The predicted molar refractivity (Wildman–Crippen MR) is 110 cm³/mol. The maximum absolute atomic E-state index is 4.70. The average molecular weight is 350 g/mol. The summed E-state index contributed by atoms with van der Waals surface area (Å²) in [4.78, 5) is 4.70. The van der Waals surface area contributed by atoms with E-state index < -0.39 is 0 Å². The largest absolute Gasteiger partial charge is 0.372 e. The Bertz CT molecular complexity index is 891. The van der Waals surface area contributed by atoms with Gasteiger partial charge < -0.3 is 10.6 Å². The molecule has 0 amide bonds. The van der Waals surface area contributed by atoms with Crippen LogP contribution in [-0.2, 0) is 6.42 Å². The van der Waals surface area contributed by atoms with E-state index in [-0.39, 0.29) is 0 Å². The number of anilines is 1. The standard InChI is InChI=1S/C21H23N3S/c1-5-22-16(4)23-18-11-10-17(12-15(18)3)14(2)13-21-24-19-8-6-7-9-20(19)25-21/h6-12,22-23H,2,4-5,13H2,1,3H3. The second-order valence-corrected chi connectivity index (χ2v) is 7.13. The first-order valence-electron chi connectivity index (χ1n) is 8.40. The molecule has 3 nitrogen and oxygen atoms in total. The van der Waals surface area contributed by atoms with Crippen LogP contribution in [0.25, 0.3) is 15.8 Å². The molecule has 128 valence electrons. The molecule has 3 aromatic rings. The Balaban J connectivity index is 1.73. The molecule has 0 bridgehead atoms. The molecule has 0 atom stereocenters.